The molecule has 2 aromatic carbocycles. The van der Waals surface area contributed by atoms with Crippen LogP contribution in [0.25, 0.3) is 0 Å². The molecule has 0 bridgehead atoms. The summed E-state index contributed by atoms with van der Waals surface area (Å²) in [5, 5.41) is 0. The lowest BCUT2D eigenvalue weighted by molar-refractivity contribution is -0.131. The molecule has 2 rings (SSSR count). The van der Waals surface area contributed by atoms with E-state index in [1.54, 1.807) is 7.11 Å². The van der Waals surface area contributed by atoms with Gasteiger partial charge in [-0.2, -0.15) is 0 Å². The summed E-state index contributed by atoms with van der Waals surface area (Å²) in [7, 11) is 1.67. The number of benzene rings is 2. The predicted octanol–water partition coefficient (Wildman–Crippen LogP) is 6.31. The molecule has 0 fully saturated rings. The van der Waals surface area contributed by atoms with Crippen molar-refractivity contribution >= 4 is 5.91 Å². The monoisotopic (exact) mass is 441 g/mol. The topological polar surface area (TPSA) is 38.8 Å². The number of aryl methyl sites for hydroxylation is 1. The Bertz CT molecular complexity index is 756. The zero-order valence-electron chi connectivity index (χ0n) is 21.2. The fraction of sp³-hybridized carbons (Fsp3) is 0.536. The Morgan fingerprint density at radius 2 is 1.66 bits per heavy atom. The molecule has 0 aliphatic carbocycles. The van der Waals surface area contributed by atoms with Gasteiger partial charge >= 0.3 is 0 Å². The molecule has 2 aromatic rings. The van der Waals surface area contributed by atoms with Crippen LogP contribution in [0.1, 0.15) is 58.6 Å². The standard InChI is InChI=1S/C21H35NO3.C7H8/c1-7-20(23)22(16-17(3)15-21(4,5)25-8-2)14-13-18-9-11-19(24-6)12-10-18;1-7-5-3-2-4-6-7/h9-12,17H,7-8,13-16H2,1-6H3;2-6H,1H3. The van der Waals surface area contributed by atoms with Gasteiger partial charge in [0, 0.05) is 26.1 Å². The van der Waals surface area contributed by atoms with E-state index in [1.807, 2.05) is 49.1 Å². The van der Waals surface area contributed by atoms with Gasteiger partial charge in [0.1, 0.15) is 5.75 Å². The highest BCUT2D eigenvalue weighted by Gasteiger charge is 2.23. The summed E-state index contributed by atoms with van der Waals surface area (Å²) in [6.07, 6.45) is 2.35. The van der Waals surface area contributed by atoms with Crippen molar-refractivity contribution in [2.24, 2.45) is 5.92 Å². The van der Waals surface area contributed by atoms with Crippen LogP contribution in [0.4, 0.5) is 0 Å². The minimum absolute atomic E-state index is 0.148. The SMILES string of the molecule is CCOC(C)(C)CC(C)CN(CCc1ccc(OC)cc1)C(=O)CC.Cc1ccccc1. The molecule has 0 saturated heterocycles. The smallest absolute Gasteiger partial charge is 0.222 e. The van der Waals surface area contributed by atoms with E-state index in [4.69, 9.17) is 9.47 Å². The van der Waals surface area contributed by atoms with Crippen molar-refractivity contribution in [3.63, 3.8) is 0 Å². The van der Waals surface area contributed by atoms with Crippen LogP contribution in [0.15, 0.2) is 54.6 Å². The Balaban J connectivity index is 0.000000616. The average molecular weight is 442 g/mol. The Morgan fingerprint density at radius 3 is 2.12 bits per heavy atom. The number of methoxy groups -OCH3 is 1. The Kier molecular flexibility index (Phi) is 12.7. The second kappa shape index (κ2) is 14.7. The molecule has 0 aromatic heterocycles. The third-order valence-corrected chi connectivity index (χ3v) is 5.33. The molecule has 0 saturated carbocycles. The molecule has 1 amide bonds. The van der Waals surface area contributed by atoms with Gasteiger partial charge < -0.3 is 14.4 Å². The van der Waals surface area contributed by atoms with Crippen LogP contribution >= 0.6 is 0 Å². The van der Waals surface area contributed by atoms with E-state index in [0.29, 0.717) is 12.3 Å². The first kappa shape index (κ1) is 27.7. The quantitative estimate of drug-likeness (QED) is 0.410. The summed E-state index contributed by atoms with van der Waals surface area (Å²) in [6, 6.07) is 18.3. The number of rotatable bonds is 11. The minimum Gasteiger partial charge on any atom is -0.497 e. The van der Waals surface area contributed by atoms with E-state index < -0.39 is 0 Å². The van der Waals surface area contributed by atoms with Crippen molar-refractivity contribution < 1.29 is 14.3 Å². The first-order chi connectivity index (χ1) is 15.2. The van der Waals surface area contributed by atoms with Gasteiger partial charge in [0.15, 0.2) is 0 Å². The fourth-order valence-corrected chi connectivity index (χ4v) is 3.86. The van der Waals surface area contributed by atoms with Gasteiger partial charge in [0.05, 0.1) is 12.7 Å². The van der Waals surface area contributed by atoms with Gasteiger partial charge in [-0.3, -0.25) is 4.79 Å². The van der Waals surface area contributed by atoms with Gasteiger partial charge in [-0.25, -0.2) is 0 Å². The molecule has 178 valence electrons. The van der Waals surface area contributed by atoms with Gasteiger partial charge in [0.2, 0.25) is 5.91 Å². The molecule has 4 nitrogen and oxygen atoms in total. The van der Waals surface area contributed by atoms with Crippen molar-refractivity contribution in [1.82, 2.24) is 4.90 Å². The molecule has 0 radical (unpaired) electrons. The molecule has 0 aliphatic heterocycles. The van der Waals surface area contributed by atoms with E-state index in [2.05, 4.69) is 52.0 Å². The summed E-state index contributed by atoms with van der Waals surface area (Å²) in [5.41, 5.74) is 2.39. The van der Waals surface area contributed by atoms with E-state index in [1.165, 1.54) is 11.1 Å². The number of ether oxygens (including phenoxy) is 2. The van der Waals surface area contributed by atoms with Crippen molar-refractivity contribution in [1.29, 1.82) is 0 Å². The Hall–Kier alpha value is -2.33. The molecule has 0 heterocycles. The molecule has 4 heteroatoms. The zero-order valence-corrected chi connectivity index (χ0v) is 21.2. The van der Waals surface area contributed by atoms with Gasteiger partial charge in [-0.05, 0) is 64.2 Å². The van der Waals surface area contributed by atoms with E-state index in [-0.39, 0.29) is 11.5 Å². The van der Waals surface area contributed by atoms with Crippen LogP contribution in [0.2, 0.25) is 0 Å². The van der Waals surface area contributed by atoms with Crippen molar-refractivity contribution in [2.45, 2.75) is 66.4 Å². The number of carbonyl (C=O) groups excluding carboxylic acids is 1. The summed E-state index contributed by atoms with van der Waals surface area (Å²) in [4.78, 5) is 14.3. The minimum atomic E-state index is -0.148. The van der Waals surface area contributed by atoms with Crippen LogP contribution in [-0.2, 0) is 16.0 Å². The van der Waals surface area contributed by atoms with Gasteiger partial charge in [0.25, 0.3) is 0 Å². The lowest BCUT2D eigenvalue weighted by Crippen LogP contribution is -2.38. The summed E-state index contributed by atoms with van der Waals surface area (Å²) in [5.74, 6) is 1.47. The molecule has 32 heavy (non-hydrogen) atoms. The van der Waals surface area contributed by atoms with E-state index in [9.17, 15) is 4.79 Å². The lowest BCUT2D eigenvalue weighted by atomic mass is 9.94. The molecule has 0 N–H and O–H groups in total. The van der Waals surface area contributed by atoms with Crippen molar-refractivity contribution in [3.8, 4) is 5.75 Å². The first-order valence-electron chi connectivity index (χ1n) is 11.8. The lowest BCUT2D eigenvalue weighted by Gasteiger charge is -2.31. The maximum absolute atomic E-state index is 12.3. The number of amides is 1. The largest absolute Gasteiger partial charge is 0.497 e. The summed E-state index contributed by atoms with van der Waals surface area (Å²) < 4.78 is 11.0. The van der Waals surface area contributed by atoms with Crippen LogP contribution in [0, 0.1) is 12.8 Å². The summed E-state index contributed by atoms with van der Waals surface area (Å²) in [6.45, 7) is 14.7. The van der Waals surface area contributed by atoms with E-state index >= 15 is 0 Å². The van der Waals surface area contributed by atoms with Crippen molar-refractivity contribution in [3.05, 3.63) is 65.7 Å². The Labute approximate surface area is 195 Å². The molecule has 0 spiro atoms. The second-order valence-corrected chi connectivity index (χ2v) is 8.95. The second-order valence-electron chi connectivity index (χ2n) is 8.95. The molecule has 0 aliphatic rings. The number of carbonyl (C=O) groups is 1. The van der Waals surface area contributed by atoms with E-state index in [0.717, 1.165) is 38.3 Å². The maximum Gasteiger partial charge on any atom is 0.222 e. The molecule has 1 unspecified atom stereocenters. The van der Waals surface area contributed by atoms with Crippen LogP contribution in [-0.4, -0.2) is 43.2 Å². The Morgan fingerprint density at radius 1 is 1.03 bits per heavy atom. The summed E-state index contributed by atoms with van der Waals surface area (Å²) >= 11 is 0. The molecule has 1 atom stereocenters. The fourth-order valence-electron chi connectivity index (χ4n) is 3.86. The first-order valence-corrected chi connectivity index (χ1v) is 11.8. The number of hydrogen-bond donors (Lipinski definition) is 0. The normalized spacial score (nSPS) is 11.8. The highest BCUT2D eigenvalue weighted by atomic mass is 16.5. The van der Waals surface area contributed by atoms with Gasteiger partial charge in [-0.15, -0.1) is 0 Å². The van der Waals surface area contributed by atoms with Gasteiger partial charge in [-0.1, -0.05) is 61.9 Å². The van der Waals surface area contributed by atoms with Crippen molar-refractivity contribution in [2.75, 3.05) is 26.8 Å². The van der Waals surface area contributed by atoms with Crippen LogP contribution in [0.5, 0.6) is 5.75 Å². The maximum atomic E-state index is 12.3. The third kappa shape index (κ3) is 11.3. The van der Waals surface area contributed by atoms with Crippen LogP contribution in [0.3, 0.4) is 0 Å². The average Bonchev–Trinajstić information content (AvgIpc) is 2.77. The highest BCUT2D eigenvalue weighted by Crippen LogP contribution is 2.21. The number of hydrogen-bond acceptors (Lipinski definition) is 3. The highest BCUT2D eigenvalue weighted by molar-refractivity contribution is 5.75. The zero-order chi connectivity index (χ0) is 24.0. The number of nitrogens with zero attached hydrogens (tertiary/aromatic N) is 1. The predicted molar refractivity (Wildman–Crippen MR) is 134 cm³/mol. The van der Waals surface area contributed by atoms with Crippen LogP contribution < -0.4 is 4.74 Å². The molecular formula is C28H43NO3. The molecular weight excluding hydrogens is 398 g/mol. The third-order valence-electron chi connectivity index (χ3n) is 5.33.